The summed E-state index contributed by atoms with van der Waals surface area (Å²) in [5.41, 5.74) is 8.32. The van der Waals surface area contributed by atoms with Crippen LogP contribution in [-0.4, -0.2) is 42.8 Å². The Hall–Kier alpha value is -2.97. The fourth-order valence-electron chi connectivity index (χ4n) is 3.00. The normalized spacial score (nSPS) is 13.0. The minimum Gasteiger partial charge on any atom is -0.477 e. The number of imidazole rings is 1. The van der Waals surface area contributed by atoms with Crippen molar-refractivity contribution in [3.63, 3.8) is 0 Å². The van der Waals surface area contributed by atoms with E-state index in [-0.39, 0.29) is 11.2 Å². The van der Waals surface area contributed by atoms with Gasteiger partial charge < -0.3 is 25.8 Å². The molecule has 8 nitrogen and oxygen atoms in total. The van der Waals surface area contributed by atoms with E-state index in [1.54, 1.807) is 18.5 Å². The molecule has 0 saturated heterocycles. The third-order valence-electron chi connectivity index (χ3n) is 4.77. The Kier molecular flexibility index (Phi) is 5.62. The molecular weight excluding hydrogens is 358 g/mol. The number of nitrogens with one attached hydrogen (secondary N) is 1. The Bertz CT molecular complexity index is 983. The number of carboxylic acids is 1. The van der Waals surface area contributed by atoms with Crippen molar-refractivity contribution in [1.29, 1.82) is 0 Å². The smallest absolute Gasteiger partial charge is 0.354 e. The van der Waals surface area contributed by atoms with E-state index in [9.17, 15) is 9.90 Å². The van der Waals surface area contributed by atoms with E-state index >= 15 is 0 Å². The average molecular weight is 383 g/mol. The number of nitrogens with zero attached hydrogens (tertiary/aromatic N) is 3. The number of hydrogen-bond donors (Lipinski definition) is 4. The van der Waals surface area contributed by atoms with Gasteiger partial charge in [-0.25, -0.2) is 14.8 Å². The molecule has 1 atom stereocenters. The number of benzene rings is 1. The van der Waals surface area contributed by atoms with Crippen LogP contribution >= 0.6 is 0 Å². The third-order valence-corrected chi connectivity index (χ3v) is 4.77. The number of aliphatic hydroxyl groups is 1. The number of rotatable bonds is 8. The maximum Gasteiger partial charge on any atom is 0.354 e. The van der Waals surface area contributed by atoms with Gasteiger partial charge in [-0.1, -0.05) is 12.1 Å². The fourth-order valence-corrected chi connectivity index (χ4v) is 3.00. The molecule has 148 valence electrons. The number of hydrogen-bond acceptors (Lipinski definition) is 6. The quantitative estimate of drug-likeness (QED) is 0.439. The molecule has 0 aliphatic carbocycles. The van der Waals surface area contributed by atoms with Gasteiger partial charge >= 0.3 is 5.97 Å². The molecule has 0 radical (unpaired) electrons. The Morgan fingerprint density at radius 3 is 2.82 bits per heavy atom. The summed E-state index contributed by atoms with van der Waals surface area (Å²) < 4.78 is 1.92. The fraction of sp³-hybridized carbons (Fsp3) is 0.350. The van der Waals surface area contributed by atoms with Gasteiger partial charge in [-0.15, -0.1) is 0 Å². The Balaban J connectivity index is 1.62. The van der Waals surface area contributed by atoms with Crippen LogP contribution < -0.4 is 11.1 Å². The van der Waals surface area contributed by atoms with Crippen LogP contribution in [0, 0.1) is 0 Å². The zero-order valence-electron chi connectivity index (χ0n) is 16.0. The molecule has 0 fully saturated rings. The second-order valence-corrected chi connectivity index (χ2v) is 7.50. The highest BCUT2D eigenvalue weighted by atomic mass is 16.4. The van der Waals surface area contributed by atoms with E-state index in [4.69, 9.17) is 10.8 Å². The molecule has 28 heavy (non-hydrogen) atoms. The van der Waals surface area contributed by atoms with Crippen LogP contribution in [0.2, 0.25) is 0 Å². The number of nitrogens with two attached hydrogens (primary N) is 1. The van der Waals surface area contributed by atoms with Gasteiger partial charge in [-0.3, -0.25) is 0 Å². The van der Waals surface area contributed by atoms with Gasteiger partial charge in [0, 0.05) is 24.3 Å². The van der Waals surface area contributed by atoms with Crippen molar-refractivity contribution in [2.75, 3.05) is 12.3 Å². The number of pyridine rings is 1. The number of aryl methyl sites for hydroxylation is 1. The molecule has 3 aromatic rings. The van der Waals surface area contributed by atoms with Crippen LogP contribution in [0.1, 0.15) is 42.4 Å². The zero-order chi connectivity index (χ0) is 20.3. The number of β-amino-alcohol motifs (C(OH)–C–C–N with tert-alkyl or cyclic N) is 1. The first-order chi connectivity index (χ1) is 13.2. The summed E-state index contributed by atoms with van der Waals surface area (Å²) in [6, 6.07) is 8.76. The van der Waals surface area contributed by atoms with Crippen molar-refractivity contribution in [2.45, 2.75) is 38.5 Å². The largest absolute Gasteiger partial charge is 0.477 e. The van der Waals surface area contributed by atoms with Crippen molar-refractivity contribution in [1.82, 2.24) is 19.9 Å². The minimum atomic E-state index is -1.06. The highest BCUT2D eigenvalue weighted by Crippen LogP contribution is 2.19. The van der Waals surface area contributed by atoms with Gasteiger partial charge in [0.25, 0.3) is 0 Å². The van der Waals surface area contributed by atoms with Crippen LogP contribution in [0.5, 0.6) is 0 Å². The summed E-state index contributed by atoms with van der Waals surface area (Å²) in [4.78, 5) is 19.3. The topological polar surface area (TPSA) is 126 Å². The second kappa shape index (κ2) is 7.95. The van der Waals surface area contributed by atoms with Crippen molar-refractivity contribution in [3.8, 4) is 0 Å². The van der Waals surface area contributed by atoms with E-state index in [0.717, 1.165) is 17.5 Å². The number of carboxylic acid groups (broad SMARTS) is 1. The SMILES string of the molecule is CC(C)(CCn1cnc2cnc(C(=O)O)cc21)NCC(O)c1cccc(N)c1. The number of carbonyl (C=O) groups is 1. The summed E-state index contributed by atoms with van der Waals surface area (Å²) in [5, 5.41) is 22.9. The number of aromatic nitrogens is 3. The maximum absolute atomic E-state index is 11.1. The van der Waals surface area contributed by atoms with Gasteiger partial charge in [-0.2, -0.15) is 0 Å². The van der Waals surface area contributed by atoms with Crippen molar-refractivity contribution >= 4 is 22.7 Å². The molecule has 2 aromatic heterocycles. The summed E-state index contributed by atoms with van der Waals surface area (Å²) in [5.74, 6) is -1.06. The van der Waals surface area contributed by atoms with Crippen LogP contribution in [0.15, 0.2) is 42.9 Å². The van der Waals surface area contributed by atoms with E-state index in [0.29, 0.717) is 24.3 Å². The molecule has 0 spiro atoms. The highest BCUT2D eigenvalue weighted by Gasteiger charge is 2.20. The molecule has 1 unspecified atom stereocenters. The number of nitrogen functional groups attached to an aromatic ring is 1. The van der Waals surface area contributed by atoms with Crippen LogP contribution in [0.4, 0.5) is 5.69 Å². The minimum absolute atomic E-state index is 0.00288. The summed E-state index contributed by atoms with van der Waals surface area (Å²) >= 11 is 0. The van der Waals surface area contributed by atoms with Gasteiger partial charge in [0.1, 0.15) is 11.2 Å². The van der Waals surface area contributed by atoms with Crippen molar-refractivity contribution < 1.29 is 15.0 Å². The first kappa shape index (κ1) is 19.8. The standard InChI is InChI=1S/C20H25N5O3/c1-20(2,24-11-18(26)13-4-3-5-14(21)8-13)6-7-25-12-23-16-10-22-15(19(27)28)9-17(16)25/h3-5,8-10,12,18,24,26H,6-7,11,21H2,1-2H3,(H,27,28). The lowest BCUT2D eigenvalue weighted by molar-refractivity contribution is 0.0690. The van der Waals surface area contributed by atoms with E-state index < -0.39 is 12.1 Å². The number of anilines is 1. The first-order valence-electron chi connectivity index (χ1n) is 9.08. The summed E-state index contributed by atoms with van der Waals surface area (Å²) in [7, 11) is 0. The molecule has 8 heteroatoms. The summed E-state index contributed by atoms with van der Waals surface area (Å²) in [6.07, 6.45) is 3.27. The zero-order valence-corrected chi connectivity index (χ0v) is 16.0. The lowest BCUT2D eigenvalue weighted by atomic mass is 9.99. The average Bonchev–Trinajstić information content (AvgIpc) is 3.07. The highest BCUT2D eigenvalue weighted by molar-refractivity contribution is 5.89. The lowest BCUT2D eigenvalue weighted by Crippen LogP contribution is -2.42. The number of aliphatic hydroxyl groups excluding tert-OH is 1. The molecule has 0 aliphatic heterocycles. The monoisotopic (exact) mass is 383 g/mol. The molecule has 0 aliphatic rings. The molecule has 0 saturated carbocycles. The number of aromatic carboxylic acids is 1. The van der Waals surface area contributed by atoms with Gasteiger partial charge in [0.15, 0.2) is 0 Å². The molecule has 0 bridgehead atoms. The molecule has 3 rings (SSSR count). The Morgan fingerprint density at radius 1 is 1.32 bits per heavy atom. The lowest BCUT2D eigenvalue weighted by Gasteiger charge is -2.28. The van der Waals surface area contributed by atoms with E-state index in [2.05, 4.69) is 29.1 Å². The Labute approximate surface area is 163 Å². The predicted octanol–water partition coefficient (Wildman–Crippen LogP) is 2.20. The third kappa shape index (κ3) is 4.65. The Morgan fingerprint density at radius 2 is 2.11 bits per heavy atom. The molecule has 5 N–H and O–H groups in total. The van der Waals surface area contributed by atoms with Crippen LogP contribution in [0.25, 0.3) is 11.0 Å². The van der Waals surface area contributed by atoms with Gasteiger partial charge in [0.2, 0.25) is 0 Å². The molecule has 1 aromatic carbocycles. The molecule has 0 amide bonds. The maximum atomic E-state index is 11.1. The van der Waals surface area contributed by atoms with E-state index in [1.807, 2.05) is 16.7 Å². The van der Waals surface area contributed by atoms with Crippen molar-refractivity contribution in [3.05, 3.63) is 54.1 Å². The van der Waals surface area contributed by atoms with Gasteiger partial charge in [0.05, 0.1) is 24.1 Å². The van der Waals surface area contributed by atoms with Crippen molar-refractivity contribution in [2.24, 2.45) is 0 Å². The van der Waals surface area contributed by atoms with E-state index in [1.165, 1.54) is 12.3 Å². The van der Waals surface area contributed by atoms with Gasteiger partial charge in [-0.05, 0) is 44.0 Å². The molecular formula is C20H25N5O3. The first-order valence-corrected chi connectivity index (χ1v) is 9.08. The predicted molar refractivity (Wildman–Crippen MR) is 107 cm³/mol. The number of fused-ring (bicyclic) bond motifs is 1. The summed E-state index contributed by atoms with van der Waals surface area (Å²) in [6.45, 7) is 5.16. The second-order valence-electron chi connectivity index (χ2n) is 7.50. The van der Waals surface area contributed by atoms with Crippen LogP contribution in [0.3, 0.4) is 0 Å². The molecule has 2 heterocycles. The van der Waals surface area contributed by atoms with Crippen LogP contribution in [-0.2, 0) is 6.54 Å².